The number of nitrogens with one attached hydrogen (secondary N) is 1. The Morgan fingerprint density at radius 2 is 1.81 bits per heavy atom. The smallest absolute Gasteiger partial charge is 0.129 e. The summed E-state index contributed by atoms with van der Waals surface area (Å²) in [6, 6.07) is 2.96. The summed E-state index contributed by atoms with van der Waals surface area (Å²) in [5, 5.41) is 3.14. The molecule has 0 saturated heterocycles. The van der Waals surface area contributed by atoms with Crippen LogP contribution in [0.3, 0.4) is 0 Å². The van der Waals surface area contributed by atoms with Crippen LogP contribution in [0, 0.1) is 17.6 Å². The molecule has 0 aliphatic carbocycles. The summed E-state index contributed by atoms with van der Waals surface area (Å²) < 4.78 is 28.5. The summed E-state index contributed by atoms with van der Waals surface area (Å²) in [5.74, 6) is -0.352. The highest BCUT2D eigenvalue weighted by Crippen LogP contribution is 2.22. The van der Waals surface area contributed by atoms with E-state index in [-0.39, 0.29) is 12.0 Å². The van der Waals surface area contributed by atoms with Gasteiger partial charge in [0.2, 0.25) is 0 Å². The van der Waals surface area contributed by atoms with Gasteiger partial charge in [0.1, 0.15) is 11.6 Å². The fourth-order valence-corrected chi connectivity index (χ4v) is 3.89. The molecule has 1 aliphatic heterocycles. The predicted octanol–water partition coefficient (Wildman–Crippen LogP) is 6.58. The van der Waals surface area contributed by atoms with Crippen molar-refractivity contribution in [2.24, 2.45) is 15.9 Å². The molecule has 1 heterocycles. The second-order valence-corrected chi connectivity index (χ2v) is 8.57. The average Bonchev–Trinajstić information content (AvgIpc) is 2.71. The van der Waals surface area contributed by atoms with Gasteiger partial charge in [-0.2, -0.15) is 0 Å². The van der Waals surface area contributed by atoms with Crippen molar-refractivity contribution in [1.82, 2.24) is 5.32 Å². The fraction of sp³-hybridized carbons (Fsp3) is 0.538. The Morgan fingerprint density at radius 3 is 2.48 bits per heavy atom. The second kappa shape index (κ2) is 13.9. The molecule has 1 aromatic carbocycles. The highest BCUT2D eigenvalue weighted by atomic mass is 19.1. The molecule has 1 aliphatic rings. The lowest BCUT2D eigenvalue weighted by atomic mass is 9.93. The van der Waals surface area contributed by atoms with Gasteiger partial charge in [-0.15, -0.1) is 0 Å². The Balaban J connectivity index is 1.83. The van der Waals surface area contributed by atoms with Crippen LogP contribution in [-0.4, -0.2) is 25.6 Å². The molecule has 0 spiro atoms. The SMILES string of the molecule is C=C(C)Cc1c(F)cc(CCCCC2CCN=CN/C=C(/CCC)C=NCC2)cc1F. The van der Waals surface area contributed by atoms with Crippen molar-refractivity contribution < 1.29 is 8.78 Å². The topological polar surface area (TPSA) is 36.8 Å². The third kappa shape index (κ3) is 9.58. The van der Waals surface area contributed by atoms with E-state index in [1.54, 1.807) is 13.3 Å². The van der Waals surface area contributed by atoms with E-state index in [1.165, 1.54) is 17.7 Å². The average molecular weight is 430 g/mol. The molecule has 5 heteroatoms. The molecule has 1 atom stereocenters. The van der Waals surface area contributed by atoms with Crippen LogP contribution >= 0.6 is 0 Å². The maximum Gasteiger partial charge on any atom is 0.129 e. The van der Waals surface area contributed by atoms with Crippen LogP contribution < -0.4 is 5.32 Å². The molecule has 1 N–H and O–H groups in total. The Bertz CT molecular complexity index is 773. The van der Waals surface area contributed by atoms with Gasteiger partial charge in [-0.25, -0.2) is 8.78 Å². The van der Waals surface area contributed by atoms with Gasteiger partial charge in [0.15, 0.2) is 0 Å². The quantitative estimate of drug-likeness (QED) is 0.349. The van der Waals surface area contributed by atoms with Gasteiger partial charge < -0.3 is 5.32 Å². The van der Waals surface area contributed by atoms with Crippen LogP contribution in [0.25, 0.3) is 0 Å². The fourth-order valence-electron chi connectivity index (χ4n) is 3.89. The number of hydrogen-bond acceptors (Lipinski definition) is 3. The van der Waals surface area contributed by atoms with E-state index >= 15 is 0 Å². The molecule has 2 rings (SSSR count). The van der Waals surface area contributed by atoms with Crippen molar-refractivity contribution in [2.75, 3.05) is 13.1 Å². The third-order valence-electron chi connectivity index (χ3n) is 5.57. The van der Waals surface area contributed by atoms with E-state index in [1.807, 2.05) is 12.4 Å². The van der Waals surface area contributed by atoms with E-state index in [0.29, 0.717) is 12.3 Å². The zero-order valence-electron chi connectivity index (χ0n) is 19.1. The highest BCUT2D eigenvalue weighted by Gasteiger charge is 2.12. The molecular formula is C26H37F2N3. The van der Waals surface area contributed by atoms with E-state index in [0.717, 1.165) is 69.2 Å². The minimum Gasteiger partial charge on any atom is -0.353 e. The maximum absolute atomic E-state index is 14.2. The van der Waals surface area contributed by atoms with E-state index < -0.39 is 11.6 Å². The first-order valence-electron chi connectivity index (χ1n) is 11.5. The molecular weight excluding hydrogens is 392 g/mol. The zero-order chi connectivity index (χ0) is 22.5. The number of aryl methyl sites for hydroxylation is 1. The molecule has 0 fully saturated rings. The first kappa shape index (κ1) is 25.0. The molecule has 1 unspecified atom stereocenters. The lowest BCUT2D eigenvalue weighted by molar-refractivity contribution is 0.413. The molecule has 31 heavy (non-hydrogen) atoms. The lowest BCUT2D eigenvalue weighted by Gasteiger charge is -2.15. The van der Waals surface area contributed by atoms with E-state index in [9.17, 15) is 8.78 Å². The van der Waals surface area contributed by atoms with Crippen LogP contribution in [0.5, 0.6) is 0 Å². The van der Waals surface area contributed by atoms with E-state index in [4.69, 9.17) is 0 Å². The lowest BCUT2D eigenvalue weighted by Crippen LogP contribution is -2.09. The number of unbranched alkanes of at least 4 members (excludes halogenated alkanes) is 1. The first-order valence-corrected chi connectivity index (χ1v) is 11.5. The summed E-state index contributed by atoms with van der Waals surface area (Å²) in [6.45, 7) is 9.32. The molecule has 0 aromatic heterocycles. The second-order valence-electron chi connectivity index (χ2n) is 8.57. The molecule has 0 bridgehead atoms. The number of halogens is 2. The number of benzene rings is 1. The third-order valence-corrected chi connectivity index (χ3v) is 5.57. The predicted molar refractivity (Wildman–Crippen MR) is 128 cm³/mol. The minimum atomic E-state index is -0.460. The van der Waals surface area contributed by atoms with Crippen LogP contribution in [0.2, 0.25) is 0 Å². The van der Waals surface area contributed by atoms with Crippen molar-refractivity contribution in [3.05, 3.63) is 58.8 Å². The number of allylic oxidation sites excluding steroid dienone is 2. The normalized spacial score (nSPS) is 19.1. The zero-order valence-corrected chi connectivity index (χ0v) is 19.1. The number of aliphatic imine (C=N–C) groups is 2. The summed E-state index contributed by atoms with van der Waals surface area (Å²) >= 11 is 0. The van der Waals surface area contributed by atoms with Crippen molar-refractivity contribution in [3.63, 3.8) is 0 Å². The summed E-state index contributed by atoms with van der Waals surface area (Å²) in [5.41, 5.74) is 2.80. The molecule has 0 saturated carbocycles. The number of rotatable bonds is 9. The van der Waals surface area contributed by atoms with Gasteiger partial charge in [0.25, 0.3) is 0 Å². The Morgan fingerprint density at radius 1 is 1.10 bits per heavy atom. The molecule has 3 nitrogen and oxygen atoms in total. The molecule has 0 radical (unpaired) electrons. The summed E-state index contributed by atoms with van der Waals surface area (Å²) in [4.78, 5) is 9.07. The minimum absolute atomic E-state index is 0.122. The van der Waals surface area contributed by atoms with Gasteiger partial charge >= 0.3 is 0 Å². The van der Waals surface area contributed by atoms with Crippen LogP contribution in [0.15, 0.2) is 46.0 Å². The van der Waals surface area contributed by atoms with Gasteiger partial charge in [0, 0.05) is 31.1 Å². The summed E-state index contributed by atoms with van der Waals surface area (Å²) in [7, 11) is 0. The van der Waals surface area contributed by atoms with Crippen LogP contribution in [0.4, 0.5) is 8.78 Å². The Hall–Kier alpha value is -2.30. The van der Waals surface area contributed by atoms with Crippen molar-refractivity contribution in [3.8, 4) is 0 Å². The van der Waals surface area contributed by atoms with Gasteiger partial charge in [-0.05, 0) is 74.6 Å². The Kier molecular flexibility index (Phi) is 11.2. The van der Waals surface area contributed by atoms with Crippen molar-refractivity contribution in [1.29, 1.82) is 0 Å². The number of nitrogens with zero attached hydrogens (tertiary/aromatic N) is 2. The number of hydrogen-bond donors (Lipinski definition) is 1. The molecule has 0 amide bonds. The monoisotopic (exact) mass is 429 g/mol. The van der Waals surface area contributed by atoms with E-state index in [2.05, 4.69) is 28.8 Å². The standard InChI is InChI=1S/C26H37F2N3/c1-4-7-23-17-29-12-10-21(11-13-30-19-31-18-23)8-5-6-9-22-15-25(27)24(14-20(2)3)26(28)16-22/h15-19,21H,2,4-14H2,1,3H3,(H,30,31)/b23-18-,29-17?. The maximum atomic E-state index is 14.2. The first-order chi connectivity index (χ1) is 15.0. The molecule has 1 aromatic rings. The highest BCUT2D eigenvalue weighted by molar-refractivity contribution is 5.79. The van der Waals surface area contributed by atoms with Crippen LogP contribution in [-0.2, 0) is 12.8 Å². The van der Waals surface area contributed by atoms with Crippen LogP contribution in [0.1, 0.15) is 69.9 Å². The van der Waals surface area contributed by atoms with Gasteiger partial charge in [-0.3, -0.25) is 9.98 Å². The van der Waals surface area contributed by atoms with Gasteiger partial charge in [-0.1, -0.05) is 38.3 Å². The van der Waals surface area contributed by atoms with Gasteiger partial charge in [0.05, 0.1) is 6.34 Å². The summed E-state index contributed by atoms with van der Waals surface area (Å²) in [6.07, 6.45) is 13.9. The molecule has 170 valence electrons. The largest absolute Gasteiger partial charge is 0.353 e. The van der Waals surface area contributed by atoms with Crippen molar-refractivity contribution in [2.45, 2.75) is 71.6 Å². The Labute approximate surface area is 186 Å². The van der Waals surface area contributed by atoms with Crippen molar-refractivity contribution >= 4 is 12.6 Å².